The molecule has 1 saturated heterocycles. The number of amides is 1. The van der Waals surface area contributed by atoms with Crippen LogP contribution in [-0.4, -0.2) is 34.3 Å². The Kier molecular flexibility index (Phi) is 8.01. The van der Waals surface area contributed by atoms with E-state index in [-0.39, 0.29) is 47.7 Å². The van der Waals surface area contributed by atoms with Gasteiger partial charge in [-0.1, -0.05) is 29.8 Å². The summed E-state index contributed by atoms with van der Waals surface area (Å²) in [5, 5.41) is 4.04. The zero-order chi connectivity index (χ0) is 24.3. The van der Waals surface area contributed by atoms with Gasteiger partial charge in [-0.25, -0.2) is 4.45 Å². The van der Waals surface area contributed by atoms with E-state index in [0.29, 0.717) is 17.9 Å². The van der Waals surface area contributed by atoms with Crippen molar-refractivity contribution in [1.82, 2.24) is 9.55 Å². The van der Waals surface area contributed by atoms with Crippen molar-refractivity contribution >= 4 is 57.3 Å². The standard InChI is InChI=1S/C19H18ClF3IN6O2P/c20-15-14(8-28-30(33-24)18(15)32)29-6-5-13(11(9-29)16(25)17(26)31)27-7-10-3-1-2-4-12(10)19(21,22)23/h1-4,8,33H,5-7,9,25H2,(H2,26,31). The smallest absolute Gasteiger partial charge is 0.394 e. The van der Waals surface area contributed by atoms with Crippen molar-refractivity contribution in [2.45, 2.75) is 19.1 Å². The minimum Gasteiger partial charge on any atom is -0.394 e. The molecule has 0 aliphatic carbocycles. The summed E-state index contributed by atoms with van der Waals surface area (Å²) in [7, 11) is 0. The number of aromatic nitrogens is 2. The molecule has 1 aromatic carbocycles. The number of rotatable bonds is 5. The Hall–Kier alpha value is -2.18. The average molecular weight is 613 g/mol. The van der Waals surface area contributed by atoms with Gasteiger partial charge >= 0.3 is 6.18 Å². The molecule has 1 aliphatic rings. The molecule has 1 aliphatic heterocycles. The van der Waals surface area contributed by atoms with Gasteiger partial charge in [-0.3, -0.25) is 14.6 Å². The SMILES string of the molecule is NC(=O)C(N)=C1CN(c2cnn(PI)c(=O)c2Cl)CCC1=NCc1ccccc1C(F)(F)F. The maximum absolute atomic E-state index is 13.3. The van der Waals surface area contributed by atoms with Crippen LogP contribution in [-0.2, 0) is 17.5 Å². The fraction of sp³-hybridized carbons (Fsp3) is 0.263. The first-order valence-corrected chi connectivity index (χ1v) is 13.8. The number of benzene rings is 1. The highest BCUT2D eigenvalue weighted by Gasteiger charge is 2.33. The van der Waals surface area contributed by atoms with E-state index < -0.39 is 23.2 Å². The molecule has 0 saturated carbocycles. The van der Waals surface area contributed by atoms with Gasteiger partial charge in [0, 0.05) is 30.8 Å². The number of halogens is 5. The van der Waals surface area contributed by atoms with E-state index in [0.717, 1.165) is 6.07 Å². The van der Waals surface area contributed by atoms with Crippen molar-refractivity contribution in [2.24, 2.45) is 16.5 Å². The summed E-state index contributed by atoms with van der Waals surface area (Å²) in [5.74, 6) is -0.888. The van der Waals surface area contributed by atoms with Gasteiger partial charge in [0.2, 0.25) is 0 Å². The highest BCUT2D eigenvalue weighted by atomic mass is 127. The second-order valence-electron chi connectivity index (χ2n) is 6.99. The lowest BCUT2D eigenvalue weighted by atomic mass is 9.98. The molecule has 33 heavy (non-hydrogen) atoms. The average Bonchev–Trinajstić information content (AvgIpc) is 2.78. The maximum atomic E-state index is 13.3. The van der Waals surface area contributed by atoms with E-state index in [1.165, 1.54) is 28.8 Å². The zero-order valence-electron chi connectivity index (χ0n) is 16.9. The number of hydrogen-bond acceptors (Lipinski definition) is 6. The topological polar surface area (TPSA) is 120 Å². The molecule has 8 nitrogen and oxygen atoms in total. The zero-order valence-corrected chi connectivity index (χ0v) is 20.8. The van der Waals surface area contributed by atoms with Crippen LogP contribution in [0.3, 0.4) is 0 Å². The summed E-state index contributed by atoms with van der Waals surface area (Å²) in [6.45, 7) is 0.105. The summed E-state index contributed by atoms with van der Waals surface area (Å²) in [6.07, 6.45) is -2.77. The molecular formula is C19H18ClF3IN6O2P. The molecule has 2 heterocycles. The van der Waals surface area contributed by atoms with Crippen LogP contribution in [0, 0.1) is 0 Å². The van der Waals surface area contributed by atoms with Crippen molar-refractivity contribution in [3.05, 3.63) is 68.2 Å². The first-order valence-electron chi connectivity index (χ1n) is 9.41. The molecule has 14 heteroatoms. The van der Waals surface area contributed by atoms with Gasteiger partial charge in [-0.05, 0) is 33.7 Å². The number of primary amides is 1. The summed E-state index contributed by atoms with van der Waals surface area (Å²) < 4.78 is 41.1. The van der Waals surface area contributed by atoms with Gasteiger partial charge in [-0.15, -0.1) is 0 Å². The Morgan fingerprint density at radius 3 is 2.64 bits per heavy atom. The minimum absolute atomic E-state index is 0.00703. The minimum atomic E-state index is -4.52. The summed E-state index contributed by atoms with van der Waals surface area (Å²) in [4.78, 5) is 30.2. The van der Waals surface area contributed by atoms with Gasteiger partial charge < -0.3 is 16.4 Å². The number of aliphatic imine (C=N–C) groups is 1. The van der Waals surface area contributed by atoms with Crippen LogP contribution in [0.1, 0.15) is 17.5 Å². The highest BCUT2D eigenvalue weighted by molar-refractivity contribution is 14.2. The van der Waals surface area contributed by atoms with E-state index in [2.05, 4.69) is 10.1 Å². The molecule has 1 aromatic heterocycles. The van der Waals surface area contributed by atoms with E-state index in [1.807, 2.05) is 22.0 Å². The molecule has 0 spiro atoms. The number of nitrogens with two attached hydrogens (primary N) is 2. The number of carbonyl (C=O) groups is 1. The van der Waals surface area contributed by atoms with Crippen LogP contribution in [0.2, 0.25) is 5.02 Å². The molecule has 0 radical (unpaired) electrons. The largest absolute Gasteiger partial charge is 0.416 e. The third-order valence-corrected chi connectivity index (χ3v) is 7.20. The lowest BCUT2D eigenvalue weighted by molar-refractivity contribution is -0.138. The van der Waals surface area contributed by atoms with Crippen molar-refractivity contribution in [3.8, 4) is 0 Å². The Morgan fingerprint density at radius 1 is 1.30 bits per heavy atom. The van der Waals surface area contributed by atoms with Crippen LogP contribution >= 0.6 is 40.0 Å². The normalized spacial score (nSPS) is 17.7. The second kappa shape index (κ2) is 10.4. The number of alkyl halides is 3. The lowest BCUT2D eigenvalue weighted by Crippen LogP contribution is -2.40. The summed E-state index contributed by atoms with van der Waals surface area (Å²) in [5.41, 5.74) is 10.7. The van der Waals surface area contributed by atoms with Crippen LogP contribution in [0.25, 0.3) is 0 Å². The number of hydrogen-bond donors (Lipinski definition) is 2. The molecule has 1 unspecified atom stereocenters. The van der Waals surface area contributed by atoms with E-state index in [9.17, 15) is 22.8 Å². The molecular weight excluding hydrogens is 595 g/mol. The molecule has 1 atom stereocenters. The van der Waals surface area contributed by atoms with Crippen molar-refractivity contribution in [1.29, 1.82) is 0 Å². The highest BCUT2D eigenvalue weighted by Crippen LogP contribution is 2.33. The van der Waals surface area contributed by atoms with Crippen molar-refractivity contribution in [3.63, 3.8) is 0 Å². The Morgan fingerprint density at radius 2 is 2.00 bits per heavy atom. The predicted octanol–water partition coefficient (Wildman–Crippen LogP) is 3.26. The first-order chi connectivity index (χ1) is 15.5. The molecule has 1 amide bonds. The van der Waals surface area contributed by atoms with Crippen molar-refractivity contribution in [2.75, 3.05) is 18.0 Å². The van der Waals surface area contributed by atoms with Gasteiger partial charge in [0.15, 0.2) is 0 Å². The molecule has 2 aromatic rings. The van der Waals surface area contributed by atoms with Gasteiger partial charge in [0.1, 0.15) is 10.7 Å². The van der Waals surface area contributed by atoms with Gasteiger partial charge in [-0.2, -0.15) is 18.3 Å². The monoisotopic (exact) mass is 612 g/mol. The van der Waals surface area contributed by atoms with Crippen LogP contribution in [0.4, 0.5) is 18.9 Å². The van der Waals surface area contributed by atoms with E-state index >= 15 is 0 Å². The third-order valence-electron chi connectivity index (χ3n) is 4.99. The van der Waals surface area contributed by atoms with Gasteiger partial charge in [0.05, 0.1) is 30.4 Å². The fourth-order valence-corrected chi connectivity index (χ4v) is 4.98. The second-order valence-corrected chi connectivity index (χ2v) is 9.41. The summed E-state index contributed by atoms with van der Waals surface area (Å²) in [6, 6.07) is 5.13. The predicted molar refractivity (Wildman–Crippen MR) is 131 cm³/mol. The molecule has 176 valence electrons. The van der Waals surface area contributed by atoms with Crippen LogP contribution in [0.15, 0.2) is 51.5 Å². The van der Waals surface area contributed by atoms with E-state index in [4.69, 9.17) is 23.1 Å². The van der Waals surface area contributed by atoms with Crippen LogP contribution < -0.4 is 21.9 Å². The maximum Gasteiger partial charge on any atom is 0.416 e. The molecule has 4 N–H and O–H groups in total. The third kappa shape index (κ3) is 5.67. The fourth-order valence-electron chi connectivity index (χ4n) is 3.34. The molecule has 1 fully saturated rings. The number of nitrogens with zero attached hydrogens (tertiary/aromatic N) is 4. The van der Waals surface area contributed by atoms with Crippen molar-refractivity contribution < 1.29 is 18.0 Å². The summed E-state index contributed by atoms with van der Waals surface area (Å²) >= 11 is 8.25. The quantitative estimate of drug-likeness (QED) is 0.305. The Bertz CT molecular complexity index is 1200. The first kappa shape index (κ1) is 25.4. The van der Waals surface area contributed by atoms with E-state index in [1.54, 1.807) is 4.90 Å². The number of piperidine rings is 1. The number of anilines is 1. The number of carbonyl (C=O) groups excluding carboxylic acids is 1. The lowest BCUT2D eigenvalue weighted by Gasteiger charge is -2.32. The van der Waals surface area contributed by atoms with Gasteiger partial charge in [0.25, 0.3) is 11.5 Å². The molecule has 0 bridgehead atoms. The van der Waals surface area contributed by atoms with Crippen LogP contribution in [0.5, 0.6) is 0 Å². The molecule has 3 rings (SSSR count). The Labute approximate surface area is 206 Å². The Balaban J connectivity index is 1.96.